The maximum absolute atomic E-state index is 10.5. The molecule has 1 aromatic carbocycles. The first kappa shape index (κ1) is 16.0. The van der Waals surface area contributed by atoms with Crippen LogP contribution in [0, 0.1) is 0 Å². The molecular formula is C19H22NO2+. The number of aliphatic carboxylic acids is 1. The number of nitrogens with zero attached hydrogens (tertiary/aromatic N) is 1. The molecule has 0 atom stereocenters. The summed E-state index contributed by atoms with van der Waals surface area (Å²) in [5, 5.41) is 8.67. The fourth-order valence-corrected chi connectivity index (χ4v) is 2.14. The highest BCUT2D eigenvalue weighted by Gasteiger charge is 2.03. The lowest BCUT2D eigenvalue weighted by Gasteiger charge is -2.04. The zero-order valence-electron chi connectivity index (χ0n) is 13.1. The fourth-order valence-electron chi connectivity index (χ4n) is 2.14. The van der Waals surface area contributed by atoms with Crippen LogP contribution in [0.1, 0.15) is 42.9 Å². The van der Waals surface area contributed by atoms with Crippen LogP contribution in [-0.4, -0.2) is 11.1 Å². The molecule has 2 aromatic rings. The van der Waals surface area contributed by atoms with Gasteiger partial charge in [0, 0.05) is 12.1 Å². The van der Waals surface area contributed by atoms with Crippen LogP contribution >= 0.6 is 0 Å². The average molecular weight is 296 g/mol. The first-order chi connectivity index (χ1) is 10.5. The van der Waals surface area contributed by atoms with Crippen molar-refractivity contribution in [3.8, 4) is 0 Å². The Kier molecular flexibility index (Phi) is 5.48. The molecule has 1 heterocycles. The van der Waals surface area contributed by atoms with Gasteiger partial charge in [0.25, 0.3) is 0 Å². The van der Waals surface area contributed by atoms with Gasteiger partial charge in [-0.2, -0.15) is 0 Å². The van der Waals surface area contributed by atoms with Crippen molar-refractivity contribution < 1.29 is 14.5 Å². The van der Waals surface area contributed by atoms with Gasteiger partial charge in [0.15, 0.2) is 18.9 Å². The first-order valence-corrected chi connectivity index (χ1v) is 7.53. The molecule has 3 nitrogen and oxygen atoms in total. The van der Waals surface area contributed by atoms with E-state index in [4.69, 9.17) is 5.11 Å². The molecule has 0 bridgehead atoms. The van der Waals surface area contributed by atoms with Gasteiger partial charge < -0.3 is 5.11 Å². The van der Waals surface area contributed by atoms with Crippen molar-refractivity contribution >= 4 is 18.1 Å². The number of pyridine rings is 1. The Bertz CT molecular complexity index is 640. The molecule has 0 aliphatic heterocycles. The summed E-state index contributed by atoms with van der Waals surface area (Å²) < 4.78 is 1.88. The number of aryl methyl sites for hydroxylation is 1. The molecule has 22 heavy (non-hydrogen) atoms. The molecule has 0 spiro atoms. The number of hydrogen-bond acceptors (Lipinski definition) is 1. The largest absolute Gasteiger partial charge is 0.481 e. The average Bonchev–Trinajstić information content (AvgIpc) is 2.52. The zero-order valence-corrected chi connectivity index (χ0v) is 13.1. The number of carbonyl (C=O) groups is 1. The minimum Gasteiger partial charge on any atom is -0.481 e. The van der Waals surface area contributed by atoms with Crippen LogP contribution < -0.4 is 4.57 Å². The van der Waals surface area contributed by atoms with E-state index in [2.05, 4.69) is 50.3 Å². The van der Waals surface area contributed by atoms with Gasteiger partial charge in [0.1, 0.15) is 6.42 Å². The second-order valence-corrected chi connectivity index (χ2v) is 5.67. The number of carboxylic acids is 1. The first-order valence-electron chi connectivity index (χ1n) is 7.53. The van der Waals surface area contributed by atoms with E-state index >= 15 is 0 Å². The number of aromatic nitrogens is 1. The summed E-state index contributed by atoms with van der Waals surface area (Å²) in [5.74, 6) is -0.227. The fraction of sp³-hybridized carbons (Fsp3) is 0.263. The number of benzene rings is 1. The van der Waals surface area contributed by atoms with Crippen LogP contribution in [-0.2, 0) is 11.3 Å². The van der Waals surface area contributed by atoms with Gasteiger partial charge >= 0.3 is 5.97 Å². The summed E-state index contributed by atoms with van der Waals surface area (Å²) in [6.07, 6.45) is 8.10. The van der Waals surface area contributed by atoms with Gasteiger partial charge in [-0.3, -0.25) is 4.79 Å². The van der Waals surface area contributed by atoms with E-state index in [0.717, 1.165) is 5.56 Å². The Balaban J connectivity index is 1.99. The molecule has 0 radical (unpaired) electrons. The van der Waals surface area contributed by atoms with Gasteiger partial charge in [0.05, 0.1) is 0 Å². The predicted octanol–water partition coefficient (Wildman–Crippen LogP) is 3.74. The third-order valence-electron chi connectivity index (χ3n) is 3.57. The molecule has 1 aromatic heterocycles. The lowest BCUT2D eigenvalue weighted by molar-refractivity contribution is -0.696. The lowest BCUT2D eigenvalue weighted by atomic mass is 10.0. The van der Waals surface area contributed by atoms with E-state index in [9.17, 15) is 4.79 Å². The molecule has 0 amide bonds. The van der Waals surface area contributed by atoms with E-state index in [1.165, 1.54) is 11.1 Å². The molecular weight excluding hydrogens is 274 g/mol. The van der Waals surface area contributed by atoms with Crippen LogP contribution in [0.25, 0.3) is 12.2 Å². The second kappa shape index (κ2) is 7.55. The monoisotopic (exact) mass is 296 g/mol. The van der Waals surface area contributed by atoms with E-state index in [1.54, 1.807) is 0 Å². The highest BCUT2D eigenvalue weighted by atomic mass is 16.4. The summed E-state index contributed by atoms with van der Waals surface area (Å²) in [4.78, 5) is 10.5. The maximum Gasteiger partial charge on any atom is 0.309 e. The molecule has 3 heteroatoms. The van der Waals surface area contributed by atoms with Crippen molar-refractivity contribution in [3.05, 3.63) is 65.5 Å². The Hall–Kier alpha value is -2.42. The van der Waals surface area contributed by atoms with Crippen LogP contribution in [0.2, 0.25) is 0 Å². The summed E-state index contributed by atoms with van der Waals surface area (Å²) in [5.41, 5.74) is 3.61. The van der Waals surface area contributed by atoms with Crippen molar-refractivity contribution in [1.29, 1.82) is 0 Å². The van der Waals surface area contributed by atoms with Crippen LogP contribution in [0.5, 0.6) is 0 Å². The molecule has 2 rings (SSSR count). The lowest BCUT2D eigenvalue weighted by Crippen LogP contribution is -2.33. The van der Waals surface area contributed by atoms with Crippen molar-refractivity contribution in [2.45, 2.75) is 32.7 Å². The molecule has 0 saturated carbocycles. The van der Waals surface area contributed by atoms with E-state index in [0.29, 0.717) is 12.5 Å². The van der Waals surface area contributed by atoms with Crippen LogP contribution in [0.4, 0.5) is 0 Å². The third kappa shape index (κ3) is 4.85. The summed E-state index contributed by atoms with van der Waals surface area (Å²) in [6, 6.07) is 12.6. The normalized spacial score (nSPS) is 11.2. The Morgan fingerprint density at radius 3 is 2.09 bits per heavy atom. The Labute approximate surface area is 131 Å². The number of rotatable bonds is 6. The Morgan fingerprint density at radius 2 is 1.59 bits per heavy atom. The predicted molar refractivity (Wildman–Crippen MR) is 88.3 cm³/mol. The van der Waals surface area contributed by atoms with Gasteiger partial charge in [0.2, 0.25) is 0 Å². The molecule has 0 saturated heterocycles. The van der Waals surface area contributed by atoms with Crippen molar-refractivity contribution in [3.63, 3.8) is 0 Å². The summed E-state index contributed by atoms with van der Waals surface area (Å²) in [6.45, 7) is 4.87. The molecule has 0 fully saturated rings. The number of hydrogen-bond donors (Lipinski definition) is 1. The van der Waals surface area contributed by atoms with Gasteiger partial charge in [-0.05, 0) is 22.6 Å². The van der Waals surface area contributed by atoms with Crippen molar-refractivity contribution in [1.82, 2.24) is 0 Å². The van der Waals surface area contributed by atoms with E-state index < -0.39 is 5.97 Å². The summed E-state index contributed by atoms with van der Waals surface area (Å²) in [7, 11) is 0. The molecule has 0 unspecified atom stereocenters. The smallest absolute Gasteiger partial charge is 0.309 e. The number of carboxylic acid groups (broad SMARTS) is 1. The molecule has 0 aliphatic rings. The van der Waals surface area contributed by atoms with E-state index in [-0.39, 0.29) is 6.42 Å². The minimum absolute atomic E-state index is 0.141. The quantitative estimate of drug-likeness (QED) is 0.825. The molecule has 114 valence electrons. The van der Waals surface area contributed by atoms with Crippen LogP contribution in [0.3, 0.4) is 0 Å². The highest BCUT2D eigenvalue weighted by Crippen LogP contribution is 2.16. The standard InChI is InChI=1S/C19H21NO2/c1-15(2)18-7-5-16(6-8-18)3-4-17-9-12-20(13-10-17)14-11-19(21)22/h3-10,12-13,15H,11,14H2,1-2H3/p+1/b4-3-. The third-order valence-corrected chi connectivity index (χ3v) is 3.57. The Morgan fingerprint density at radius 1 is 1.05 bits per heavy atom. The van der Waals surface area contributed by atoms with Crippen LogP contribution in [0.15, 0.2) is 48.8 Å². The van der Waals surface area contributed by atoms with Gasteiger partial charge in [-0.15, -0.1) is 0 Å². The SMILES string of the molecule is CC(C)c1ccc(/C=C\c2cc[n+](CCC(=O)O)cc2)cc1. The summed E-state index contributed by atoms with van der Waals surface area (Å²) >= 11 is 0. The van der Waals surface area contributed by atoms with Crippen molar-refractivity contribution in [2.24, 2.45) is 0 Å². The maximum atomic E-state index is 10.5. The highest BCUT2D eigenvalue weighted by molar-refractivity contribution is 5.69. The molecule has 0 aliphatic carbocycles. The molecule has 1 N–H and O–H groups in total. The zero-order chi connectivity index (χ0) is 15.9. The van der Waals surface area contributed by atoms with Gasteiger partial charge in [-0.25, -0.2) is 4.57 Å². The van der Waals surface area contributed by atoms with Gasteiger partial charge in [-0.1, -0.05) is 50.3 Å². The second-order valence-electron chi connectivity index (χ2n) is 5.67. The minimum atomic E-state index is -0.777. The van der Waals surface area contributed by atoms with E-state index in [1.807, 2.05) is 29.1 Å². The van der Waals surface area contributed by atoms with Crippen molar-refractivity contribution in [2.75, 3.05) is 0 Å². The topological polar surface area (TPSA) is 41.2 Å².